The number of hydrogen-bond acceptors (Lipinski definition) is 3. The molecule has 0 fully saturated rings. The molecule has 0 amide bonds. The number of unbranched alkanes of at least 4 members (excludes halogenated alkanes) is 1. The summed E-state index contributed by atoms with van der Waals surface area (Å²) in [5, 5.41) is 10.6. The van der Waals surface area contributed by atoms with Gasteiger partial charge < -0.3 is 9.84 Å². The lowest BCUT2D eigenvalue weighted by Crippen LogP contribution is -2.17. The van der Waals surface area contributed by atoms with Crippen molar-refractivity contribution in [3.63, 3.8) is 0 Å². The summed E-state index contributed by atoms with van der Waals surface area (Å²) in [6, 6.07) is 0. The van der Waals surface area contributed by atoms with Crippen LogP contribution in [0.5, 0.6) is 0 Å². The molecule has 0 aliphatic carbocycles. The average molecular weight is 296 g/mol. The third-order valence-electron chi connectivity index (χ3n) is 3.70. The number of allylic oxidation sites excluding steroid dienone is 3. The van der Waals surface area contributed by atoms with Crippen LogP contribution in [0.3, 0.4) is 0 Å². The van der Waals surface area contributed by atoms with Crippen molar-refractivity contribution in [3.8, 4) is 0 Å². The van der Waals surface area contributed by atoms with Crippen LogP contribution in [0.1, 0.15) is 67.7 Å². The Balaban J connectivity index is 5.20. The molecule has 0 aromatic heterocycles. The quantitative estimate of drug-likeness (QED) is 0.329. The lowest BCUT2D eigenvalue weighted by Gasteiger charge is -2.28. The van der Waals surface area contributed by atoms with E-state index in [1.54, 1.807) is 0 Å². The number of methoxy groups -OCH3 is 1. The lowest BCUT2D eigenvalue weighted by atomic mass is 9.79. The molecule has 0 bridgehead atoms. The minimum Gasteiger partial charge on any atom is -0.508 e. The molecule has 0 unspecified atom stereocenters. The molecule has 0 aromatic rings. The summed E-state index contributed by atoms with van der Waals surface area (Å²) in [7, 11) is 1.40. The van der Waals surface area contributed by atoms with E-state index in [-0.39, 0.29) is 16.8 Å². The van der Waals surface area contributed by atoms with Gasteiger partial charge in [-0.1, -0.05) is 47.6 Å². The van der Waals surface area contributed by atoms with Gasteiger partial charge in [-0.15, -0.1) is 0 Å². The summed E-state index contributed by atoms with van der Waals surface area (Å²) in [6.45, 7) is 14.5. The van der Waals surface area contributed by atoms with Gasteiger partial charge in [0, 0.05) is 6.42 Å². The number of hydrogen-bond donors (Lipinski definition) is 1. The van der Waals surface area contributed by atoms with E-state index < -0.39 is 0 Å². The van der Waals surface area contributed by atoms with Crippen molar-refractivity contribution < 1.29 is 14.6 Å². The SMILES string of the molecule is COC(=O)CCC/C=C(/C(O)=C(\C)C(C)(C)C)C(C)(C)C. The second-order valence-electron chi connectivity index (χ2n) is 7.56. The summed E-state index contributed by atoms with van der Waals surface area (Å²) in [5.74, 6) is 0.194. The highest BCUT2D eigenvalue weighted by molar-refractivity contribution is 5.69. The maximum atomic E-state index is 11.1. The Morgan fingerprint density at radius 3 is 2.00 bits per heavy atom. The molecule has 0 spiro atoms. The first-order chi connectivity index (χ1) is 9.41. The smallest absolute Gasteiger partial charge is 0.305 e. The van der Waals surface area contributed by atoms with Gasteiger partial charge in [0.25, 0.3) is 0 Å². The second kappa shape index (κ2) is 7.67. The van der Waals surface area contributed by atoms with Gasteiger partial charge in [0.2, 0.25) is 0 Å². The van der Waals surface area contributed by atoms with E-state index in [1.165, 1.54) is 7.11 Å². The molecule has 0 atom stereocenters. The van der Waals surface area contributed by atoms with Crippen molar-refractivity contribution in [2.45, 2.75) is 67.7 Å². The zero-order valence-corrected chi connectivity index (χ0v) is 15.0. The molecular formula is C18H32O3. The van der Waals surface area contributed by atoms with Crippen molar-refractivity contribution in [3.05, 3.63) is 23.0 Å². The van der Waals surface area contributed by atoms with Crippen LogP contribution in [0, 0.1) is 10.8 Å². The first kappa shape index (κ1) is 19.8. The topological polar surface area (TPSA) is 46.5 Å². The number of esters is 1. The molecule has 0 saturated heterocycles. The van der Waals surface area contributed by atoms with Gasteiger partial charge in [0.05, 0.1) is 7.11 Å². The predicted molar refractivity (Wildman–Crippen MR) is 88.2 cm³/mol. The van der Waals surface area contributed by atoms with Crippen LogP contribution in [0.15, 0.2) is 23.0 Å². The molecule has 21 heavy (non-hydrogen) atoms. The van der Waals surface area contributed by atoms with E-state index in [9.17, 15) is 9.90 Å². The van der Waals surface area contributed by atoms with E-state index in [1.807, 2.05) is 13.0 Å². The first-order valence-corrected chi connectivity index (χ1v) is 7.59. The Morgan fingerprint density at radius 1 is 1.10 bits per heavy atom. The van der Waals surface area contributed by atoms with Crippen molar-refractivity contribution in [2.75, 3.05) is 7.11 Å². The van der Waals surface area contributed by atoms with Crippen LogP contribution in [0.25, 0.3) is 0 Å². The summed E-state index contributed by atoms with van der Waals surface area (Å²) >= 11 is 0. The number of ether oxygens (including phenoxy) is 1. The van der Waals surface area contributed by atoms with E-state index in [2.05, 4.69) is 46.3 Å². The monoisotopic (exact) mass is 296 g/mol. The van der Waals surface area contributed by atoms with Gasteiger partial charge in [-0.2, -0.15) is 0 Å². The van der Waals surface area contributed by atoms with Crippen LogP contribution in [-0.2, 0) is 9.53 Å². The lowest BCUT2D eigenvalue weighted by molar-refractivity contribution is -0.140. The Hall–Kier alpha value is -1.25. The van der Waals surface area contributed by atoms with E-state index in [4.69, 9.17) is 0 Å². The number of rotatable bonds is 5. The summed E-state index contributed by atoms with van der Waals surface area (Å²) in [5.41, 5.74) is 1.72. The third-order valence-corrected chi connectivity index (χ3v) is 3.70. The fraction of sp³-hybridized carbons (Fsp3) is 0.722. The Bertz CT molecular complexity index is 415. The van der Waals surface area contributed by atoms with Crippen molar-refractivity contribution in [1.82, 2.24) is 0 Å². The molecular weight excluding hydrogens is 264 g/mol. The minimum absolute atomic E-state index is 0.0690. The van der Waals surface area contributed by atoms with E-state index in [0.717, 1.165) is 24.0 Å². The maximum Gasteiger partial charge on any atom is 0.305 e. The predicted octanol–water partition coefficient (Wildman–Crippen LogP) is 5.18. The van der Waals surface area contributed by atoms with Crippen LogP contribution in [0.4, 0.5) is 0 Å². The molecule has 0 saturated carbocycles. The number of carbonyl (C=O) groups is 1. The first-order valence-electron chi connectivity index (χ1n) is 7.59. The van der Waals surface area contributed by atoms with Gasteiger partial charge in [0.15, 0.2) is 0 Å². The molecule has 3 heteroatoms. The highest BCUT2D eigenvalue weighted by atomic mass is 16.5. The summed E-state index contributed by atoms with van der Waals surface area (Å²) in [4.78, 5) is 11.1. The van der Waals surface area contributed by atoms with Crippen LogP contribution < -0.4 is 0 Å². The summed E-state index contributed by atoms with van der Waals surface area (Å²) in [6.07, 6.45) is 3.94. The number of carbonyl (C=O) groups excluding carboxylic acids is 1. The Morgan fingerprint density at radius 2 is 1.62 bits per heavy atom. The van der Waals surface area contributed by atoms with E-state index >= 15 is 0 Å². The molecule has 122 valence electrons. The van der Waals surface area contributed by atoms with Crippen molar-refractivity contribution >= 4 is 5.97 Å². The van der Waals surface area contributed by atoms with Crippen molar-refractivity contribution in [2.24, 2.45) is 10.8 Å². The standard InChI is InChI=1S/C18H32O3/c1-13(17(2,3)4)16(20)14(18(5,6)7)11-9-10-12-15(19)21-8/h11,20H,9-10,12H2,1-8H3/b14-11-,16-13-. The highest BCUT2D eigenvalue weighted by Gasteiger charge is 2.25. The molecule has 0 aliphatic heterocycles. The maximum absolute atomic E-state index is 11.1. The van der Waals surface area contributed by atoms with Crippen LogP contribution >= 0.6 is 0 Å². The van der Waals surface area contributed by atoms with Crippen LogP contribution in [0.2, 0.25) is 0 Å². The fourth-order valence-corrected chi connectivity index (χ4v) is 1.91. The number of aliphatic hydroxyl groups excluding tert-OH is 1. The van der Waals surface area contributed by atoms with Gasteiger partial charge >= 0.3 is 5.97 Å². The van der Waals surface area contributed by atoms with Gasteiger partial charge in [-0.05, 0) is 41.7 Å². The molecule has 3 nitrogen and oxygen atoms in total. The molecule has 0 aromatic carbocycles. The zero-order chi connectivity index (χ0) is 16.8. The molecule has 0 radical (unpaired) electrons. The normalized spacial score (nSPS) is 14.8. The molecule has 0 rings (SSSR count). The molecule has 0 aliphatic rings. The summed E-state index contributed by atoms with van der Waals surface area (Å²) < 4.78 is 4.64. The second-order valence-corrected chi connectivity index (χ2v) is 7.56. The van der Waals surface area contributed by atoms with Gasteiger partial charge in [-0.3, -0.25) is 4.79 Å². The largest absolute Gasteiger partial charge is 0.508 e. The van der Waals surface area contributed by atoms with Crippen LogP contribution in [-0.4, -0.2) is 18.2 Å². The zero-order valence-electron chi connectivity index (χ0n) is 15.0. The molecule has 1 N–H and O–H groups in total. The Labute approximate surface area is 130 Å². The number of aliphatic hydroxyl groups is 1. The van der Waals surface area contributed by atoms with Gasteiger partial charge in [-0.25, -0.2) is 0 Å². The highest BCUT2D eigenvalue weighted by Crippen LogP contribution is 2.36. The minimum atomic E-state index is -0.189. The fourth-order valence-electron chi connectivity index (χ4n) is 1.91. The Kier molecular flexibility index (Phi) is 7.21. The van der Waals surface area contributed by atoms with E-state index in [0.29, 0.717) is 12.2 Å². The van der Waals surface area contributed by atoms with Crippen molar-refractivity contribution in [1.29, 1.82) is 0 Å². The average Bonchev–Trinajstić information content (AvgIpc) is 2.33. The third kappa shape index (κ3) is 6.83. The molecule has 0 heterocycles. The van der Waals surface area contributed by atoms with Gasteiger partial charge in [0.1, 0.15) is 5.76 Å².